The minimum atomic E-state index is -4.69. The molecule has 13 heteroatoms. The van der Waals surface area contributed by atoms with Gasteiger partial charge in [-0.2, -0.15) is 17.6 Å². The van der Waals surface area contributed by atoms with E-state index in [4.69, 9.17) is 11.6 Å². The van der Waals surface area contributed by atoms with E-state index in [-0.39, 0.29) is 21.4 Å². The van der Waals surface area contributed by atoms with Gasteiger partial charge in [-0.15, -0.1) is 11.8 Å². The van der Waals surface area contributed by atoms with Gasteiger partial charge in [0.05, 0.1) is 15.5 Å². The molecule has 1 N–H and O–H groups in total. The zero-order chi connectivity index (χ0) is 18.8. The minimum Gasteiger partial charge on any atom is -0.427 e. The van der Waals surface area contributed by atoms with Crippen molar-refractivity contribution in [2.24, 2.45) is 7.05 Å². The van der Waals surface area contributed by atoms with Crippen molar-refractivity contribution in [2.75, 3.05) is 11.6 Å². The largest absolute Gasteiger partial charge is 0.461 e. The highest BCUT2D eigenvalue weighted by Gasteiger charge is 2.44. The number of hydrogen-bond acceptors (Lipinski definition) is 6. The monoisotopic (exact) mass is 399 g/mol. The van der Waals surface area contributed by atoms with Crippen molar-refractivity contribution in [3.05, 3.63) is 22.7 Å². The van der Waals surface area contributed by atoms with Gasteiger partial charge in [0.15, 0.2) is 0 Å². The standard InChI is InChI=1S/C12H10ClF4N5O2S/c1-22-11(19-20-21-22)18-9(23)5-3-4-6(8(25-2)7(5)13)24-12(16,17)10(14)15/h3-4,10H,1-2H3,(H,18,19,21,23). The molecule has 7 nitrogen and oxygen atoms in total. The van der Waals surface area contributed by atoms with E-state index in [0.29, 0.717) is 0 Å². The molecular formula is C12H10ClF4N5O2S. The summed E-state index contributed by atoms with van der Waals surface area (Å²) in [6, 6.07) is 2.02. The van der Waals surface area contributed by atoms with Crippen LogP contribution in [0.4, 0.5) is 23.5 Å². The Labute approximate surface area is 147 Å². The SMILES string of the molecule is CSc1c(OC(F)(F)C(F)F)ccc(C(=O)Nc2nnnn2C)c1Cl. The van der Waals surface area contributed by atoms with Crippen molar-refractivity contribution in [1.29, 1.82) is 0 Å². The number of carbonyl (C=O) groups is 1. The second-order valence-corrected chi connectivity index (χ2v) is 5.70. The number of aromatic nitrogens is 4. The number of nitrogens with zero attached hydrogens (tertiary/aromatic N) is 4. The van der Waals surface area contributed by atoms with Crippen molar-refractivity contribution in [1.82, 2.24) is 20.2 Å². The summed E-state index contributed by atoms with van der Waals surface area (Å²) < 4.78 is 56.0. The highest BCUT2D eigenvalue weighted by atomic mass is 35.5. The summed E-state index contributed by atoms with van der Waals surface area (Å²) in [7, 11) is 1.48. The Balaban J connectivity index is 2.33. The van der Waals surface area contributed by atoms with Gasteiger partial charge in [-0.25, -0.2) is 4.68 Å². The molecule has 1 aromatic heterocycles. The quantitative estimate of drug-likeness (QED) is 0.594. The van der Waals surface area contributed by atoms with E-state index >= 15 is 0 Å². The van der Waals surface area contributed by atoms with Crippen LogP contribution in [0.25, 0.3) is 0 Å². The Morgan fingerprint density at radius 2 is 2.12 bits per heavy atom. The van der Waals surface area contributed by atoms with Gasteiger partial charge in [0.25, 0.3) is 5.91 Å². The molecule has 136 valence electrons. The molecule has 0 radical (unpaired) electrons. The van der Waals surface area contributed by atoms with Gasteiger partial charge in [0.2, 0.25) is 5.95 Å². The summed E-state index contributed by atoms with van der Waals surface area (Å²) in [5.74, 6) is -1.26. The lowest BCUT2D eigenvalue weighted by atomic mass is 10.2. The van der Waals surface area contributed by atoms with E-state index in [2.05, 4.69) is 25.6 Å². The average Bonchev–Trinajstić information content (AvgIpc) is 2.92. The van der Waals surface area contributed by atoms with Crippen LogP contribution in [0.1, 0.15) is 10.4 Å². The van der Waals surface area contributed by atoms with E-state index in [0.717, 1.165) is 23.9 Å². The van der Waals surface area contributed by atoms with Crippen molar-refractivity contribution < 1.29 is 27.1 Å². The Morgan fingerprint density at radius 1 is 1.44 bits per heavy atom. The number of alkyl halides is 4. The number of carbonyl (C=O) groups excluding carboxylic acids is 1. The summed E-state index contributed by atoms with van der Waals surface area (Å²) in [6.45, 7) is 0. The molecule has 2 aromatic rings. The lowest BCUT2D eigenvalue weighted by Gasteiger charge is -2.19. The van der Waals surface area contributed by atoms with E-state index in [1.54, 1.807) is 0 Å². The number of amides is 1. The number of hydrogen-bond donors (Lipinski definition) is 1. The minimum absolute atomic E-state index is 0.0244. The van der Waals surface area contributed by atoms with Crippen molar-refractivity contribution in [2.45, 2.75) is 17.4 Å². The molecule has 2 rings (SSSR count). The number of aryl methyl sites for hydroxylation is 1. The van der Waals surface area contributed by atoms with Gasteiger partial charge in [0, 0.05) is 7.05 Å². The highest BCUT2D eigenvalue weighted by molar-refractivity contribution is 7.98. The normalized spacial score (nSPS) is 11.7. The summed E-state index contributed by atoms with van der Waals surface area (Å²) in [5, 5.41) is 12.5. The Kier molecular flexibility index (Phi) is 5.72. The van der Waals surface area contributed by atoms with E-state index < -0.39 is 24.2 Å². The number of nitrogens with one attached hydrogen (secondary N) is 1. The van der Waals surface area contributed by atoms with Crippen LogP contribution in [0, 0.1) is 0 Å². The van der Waals surface area contributed by atoms with Gasteiger partial charge in [-0.05, 0) is 28.8 Å². The lowest BCUT2D eigenvalue weighted by molar-refractivity contribution is -0.254. The lowest BCUT2D eigenvalue weighted by Crippen LogP contribution is -2.33. The van der Waals surface area contributed by atoms with Crippen LogP contribution >= 0.6 is 23.4 Å². The molecule has 1 aromatic carbocycles. The number of anilines is 1. The fraction of sp³-hybridized carbons (Fsp3) is 0.333. The molecule has 0 spiro atoms. The first-order chi connectivity index (χ1) is 11.7. The number of tetrazole rings is 1. The highest BCUT2D eigenvalue weighted by Crippen LogP contribution is 2.40. The maximum atomic E-state index is 13.1. The predicted molar refractivity (Wildman–Crippen MR) is 81.6 cm³/mol. The molecule has 0 fully saturated rings. The van der Waals surface area contributed by atoms with Crippen LogP contribution < -0.4 is 10.1 Å². The molecule has 0 aliphatic carbocycles. The third kappa shape index (κ3) is 4.12. The van der Waals surface area contributed by atoms with E-state index in [1.807, 2.05) is 0 Å². The van der Waals surface area contributed by atoms with Gasteiger partial charge in [0.1, 0.15) is 5.75 Å². The average molecular weight is 400 g/mol. The molecule has 0 aliphatic rings. The Bertz CT molecular complexity index is 789. The molecule has 1 heterocycles. The molecular weight excluding hydrogens is 390 g/mol. The van der Waals surface area contributed by atoms with Crippen molar-refractivity contribution in [3.63, 3.8) is 0 Å². The fourth-order valence-electron chi connectivity index (χ4n) is 1.68. The van der Waals surface area contributed by atoms with Crippen LogP contribution in [0.3, 0.4) is 0 Å². The van der Waals surface area contributed by atoms with Gasteiger partial charge < -0.3 is 4.74 Å². The van der Waals surface area contributed by atoms with Crippen molar-refractivity contribution in [3.8, 4) is 5.75 Å². The molecule has 1 amide bonds. The Hall–Kier alpha value is -2.08. The molecule has 0 atom stereocenters. The van der Waals surface area contributed by atoms with Gasteiger partial charge >= 0.3 is 12.5 Å². The zero-order valence-corrected chi connectivity index (χ0v) is 14.2. The predicted octanol–water partition coefficient (Wildman–Crippen LogP) is 3.07. The first kappa shape index (κ1) is 19.2. The summed E-state index contributed by atoms with van der Waals surface area (Å²) in [5.41, 5.74) is -0.0956. The zero-order valence-electron chi connectivity index (χ0n) is 12.6. The third-order valence-electron chi connectivity index (χ3n) is 2.86. The number of halogens is 5. The molecule has 0 saturated carbocycles. The molecule has 0 unspecified atom stereocenters. The smallest absolute Gasteiger partial charge is 0.427 e. The first-order valence-electron chi connectivity index (χ1n) is 6.42. The maximum absolute atomic E-state index is 13.1. The van der Waals surface area contributed by atoms with E-state index in [1.165, 1.54) is 18.0 Å². The van der Waals surface area contributed by atoms with Crippen LogP contribution in [-0.4, -0.2) is 44.9 Å². The van der Waals surface area contributed by atoms with Crippen LogP contribution in [0.5, 0.6) is 5.75 Å². The summed E-state index contributed by atoms with van der Waals surface area (Å²) in [6.07, 6.45) is -7.25. The molecule has 0 saturated heterocycles. The van der Waals surface area contributed by atoms with Crippen LogP contribution in [0.2, 0.25) is 5.02 Å². The first-order valence-corrected chi connectivity index (χ1v) is 8.02. The topological polar surface area (TPSA) is 81.9 Å². The third-order valence-corrected chi connectivity index (χ3v) is 4.17. The summed E-state index contributed by atoms with van der Waals surface area (Å²) >= 11 is 6.90. The number of benzene rings is 1. The molecule has 25 heavy (non-hydrogen) atoms. The van der Waals surface area contributed by atoms with Gasteiger partial charge in [-0.3, -0.25) is 10.1 Å². The number of thioether (sulfide) groups is 1. The van der Waals surface area contributed by atoms with Crippen LogP contribution in [0.15, 0.2) is 17.0 Å². The van der Waals surface area contributed by atoms with E-state index in [9.17, 15) is 22.4 Å². The molecule has 0 aliphatic heterocycles. The van der Waals surface area contributed by atoms with Crippen LogP contribution in [-0.2, 0) is 7.05 Å². The van der Waals surface area contributed by atoms with Crippen molar-refractivity contribution >= 4 is 35.2 Å². The summed E-state index contributed by atoms with van der Waals surface area (Å²) in [4.78, 5) is 12.1. The Morgan fingerprint density at radius 3 is 2.64 bits per heavy atom. The second kappa shape index (κ2) is 7.44. The number of ether oxygens (including phenoxy) is 1. The second-order valence-electron chi connectivity index (χ2n) is 4.50. The number of rotatable bonds is 6. The fourth-order valence-corrected chi connectivity index (χ4v) is 2.75. The molecule has 0 bridgehead atoms. The van der Waals surface area contributed by atoms with Gasteiger partial charge in [-0.1, -0.05) is 16.7 Å². The maximum Gasteiger partial charge on any atom is 0.461 e.